The summed E-state index contributed by atoms with van der Waals surface area (Å²) in [6, 6.07) is 105. The van der Waals surface area contributed by atoms with Gasteiger partial charge in [-0.3, -0.25) is 9.13 Å². The summed E-state index contributed by atoms with van der Waals surface area (Å²) in [5, 5.41) is 9.08. The van der Waals surface area contributed by atoms with E-state index in [4.69, 9.17) is 38.7 Å². The summed E-state index contributed by atoms with van der Waals surface area (Å²) in [4.78, 5) is 55.9. The summed E-state index contributed by atoms with van der Waals surface area (Å²) in [5.74, 6) is 3.54. The van der Waals surface area contributed by atoms with Crippen molar-refractivity contribution in [3.8, 4) is 90.8 Å². The normalized spacial score (nSPS) is 11.6. The van der Waals surface area contributed by atoms with Gasteiger partial charge >= 0.3 is 11.3 Å². The molecule has 98 heavy (non-hydrogen) atoms. The molecule has 0 radical (unpaired) electrons. The molecule has 0 saturated carbocycles. The Balaban J connectivity index is 0.000000143. The number of hydrogen-bond acceptors (Lipinski definition) is 10. The van der Waals surface area contributed by atoms with Crippen LogP contribution in [0.2, 0.25) is 0 Å². The van der Waals surface area contributed by atoms with Crippen LogP contribution in [-0.4, -0.2) is 39.0 Å². The average molecular weight is 1260 g/mol. The third-order valence-electron chi connectivity index (χ3n) is 18.2. The quantitative estimate of drug-likeness (QED) is 0.101. The van der Waals surface area contributed by atoms with Crippen LogP contribution < -0.4 is 11.3 Å². The van der Waals surface area contributed by atoms with Crippen molar-refractivity contribution in [3.63, 3.8) is 0 Å². The van der Waals surface area contributed by atoms with Gasteiger partial charge in [0.15, 0.2) is 23.3 Å². The molecule has 6 heterocycles. The minimum atomic E-state index is -0.341. The maximum Gasteiger partial charge on any atom is 0.344 e. The minimum absolute atomic E-state index is 0.335. The summed E-state index contributed by atoms with van der Waals surface area (Å²) in [6.45, 7) is 0. The van der Waals surface area contributed by atoms with E-state index in [-0.39, 0.29) is 11.3 Å². The van der Waals surface area contributed by atoms with E-state index in [1.54, 1.807) is 0 Å². The van der Waals surface area contributed by atoms with Crippen LogP contribution >= 0.6 is 0 Å². The molecule has 0 unspecified atom stereocenters. The number of para-hydroxylation sites is 4. The van der Waals surface area contributed by atoms with E-state index >= 15 is 0 Å². The summed E-state index contributed by atoms with van der Waals surface area (Å²) >= 11 is 0. The van der Waals surface area contributed by atoms with Crippen LogP contribution in [0.25, 0.3) is 178 Å². The van der Waals surface area contributed by atoms with E-state index in [9.17, 15) is 9.59 Å². The Morgan fingerprint density at radius 2 is 0.490 bits per heavy atom. The summed E-state index contributed by atoms with van der Waals surface area (Å²) in [6.07, 6.45) is 0. The van der Waals surface area contributed by atoms with Crippen molar-refractivity contribution in [2.45, 2.75) is 0 Å². The molecular formula is C86H52N8O4. The van der Waals surface area contributed by atoms with Crippen LogP contribution in [0.15, 0.2) is 334 Å². The van der Waals surface area contributed by atoms with E-state index in [2.05, 4.69) is 112 Å². The summed E-state index contributed by atoms with van der Waals surface area (Å²) in [5.41, 5.74) is 14.2. The zero-order valence-corrected chi connectivity index (χ0v) is 52.2. The van der Waals surface area contributed by atoms with E-state index in [1.165, 1.54) is 0 Å². The fraction of sp³-hybridized carbons (Fsp3) is 0. The molecule has 12 heteroatoms. The standard InChI is InChI=1S/C46H28N4O2.C40H24N4O2/c51-45-39-28-33(22-24-35(39)37-19-8-10-21-42(37)52-45)31-16-11-17-32(26-31)34-23-25-41-38(27-34)36-18-7-9-20-40(36)50(41)46-48-43(29-12-3-1-4-13-29)47-44(49-46)30-14-5-2-6-15-30;45-39-33-24-27(19-21-29(33)31-16-8-10-18-36(31)46-39)28-20-22-35-32(23-28)30-15-7-9-17-34(30)44(35)40-42-37(25-11-3-1-4-12-25)41-38(43-40)26-13-5-2-6-14-26/h1-28H;1-24H. The van der Waals surface area contributed by atoms with Crippen molar-refractivity contribution in [1.29, 1.82) is 0 Å². The largest absolute Gasteiger partial charge is 0.422 e. The molecule has 0 aliphatic rings. The lowest BCUT2D eigenvalue weighted by Crippen LogP contribution is -2.06. The molecule has 0 amide bonds. The maximum atomic E-state index is 13.0. The van der Waals surface area contributed by atoms with Gasteiger partial charge in [-0.25, -0.2) is 19.6 Å². The zero-order chi connectivity index (χ0) is 65.2. The highest BCUT2D eigenvalue weighted by molar-refractivity contribution is 6.12. The van der Waals surface area contributed by atoms with Gasteiger partial charge < -0.3 is 8.83 Å². The van der Waals surface area contributed by atoms with E-state index < -0.39 is 0 Å². The minimum Gasteiger partial charge on any atom is -0.422 e. The van der Waals surface area contributed by atoms with Crippen molar-refractivity contribution < 1.29 is 8.83 Å². The third kappa shape index (κ3) is 10.1. The molecule has 0 aliphatic heterocycles. The van der Waals surface area contributed by atoms with Gasteiger partial charge in [-0.15, -0.1) is 0 Å². The lowest BCUT2D eigenvalue weighted by Gasteiger charge is -2.11. The molecule has 0 bridgehead atoms. The highest BCUT2D eigenvalue weighted by Crippen LogP contribution is 2.39. The predicted octanol–water partition coefficient (Wildman–Crippen LogP) is 20.1. The van der Waals surface area contributed by atoms with Crippen LogP contribution in [0, 0.1) is 0 Å². The molecule has 6 aromatic heterocycles. The first-order valence-electron chi connectivity index (χ1n) is 32.2. The Kier molecular flexibility index (Phi) is 13.8. The molecule has 0 N–H and O–H groups in total. The molecule has 0 fully saturated rings. The molecule has 0 spiro atoms. The average Bonchev–Trinajstić information content (AvgIpc) is 1.55. The molecule has 13 aromatic carbocycles. The van der Waals surface area contributed by atoms with Crippen LogP contribution in [0.1, 0.15) is 0 Å². The first-order chi connectivity index (χ1) is 48.4. The highest BCUT2D eigenvalue weighted by Gasteiger charge is 2.22. The van der Waals surface area contributed by atoms with Gasteiger partial charge in [0.2, 0.25) is 11.9 Å². The molecule has 0 atom stereocenters. The van der Waals surface area contributed by atoms with Gasteiger partial charge in [0.25, 0.3) is 0 Å². The maximum absolute atomic E-state index is 13.0. The van der Waals surface area contributed by atoms with Crippen LogP contribution in [0.3, 0.4) is 0 Å². The van der Waals surface area contributed by atoms with Crippen molar-refractivity contribution in [2.24, 2.45) is 0 Å². The lowest BCUT2D eigenvalue weighted by molar-refractivity contribution is 0.569. The Hall–Kier alpha value is -13.6. The fourth-order valence-electron chi connectivity index (χ4n) is 13.5. The predicted molar refractivity (Wildman–Crippen MR) is 393 cm³/mol. The monoisotopic (exact) mass is 1260 g/mol. The van der Waals surface area contributed by atoms with Crippen molar-refractivity contribution in [1.82, 2.24) is 39.0 Å². The van der Waals surface area contributed by atoms with E-state index in [1.807, 2.05) is 212 Å². The van der Waals surface area contributed by atoms with Crippen LogP contribution in [-0.2, 0) is 0 Å². The van der Waals surface area contributed by atoms with Crippen molar-refractivity contribution >= 4 is 87.1 Å². The summed E-state index contributed by atoms with van der Waals surface area (Å²) in [7, 11) is 0. The third-order valence-corrected chi connectivity index (χ3v) is 18.2. The highest BCUT2D eigenvalue weighted by atomic mass is 16.4. The number of benzene rings is 13. The number of nitrogens with zero attached hydrogens (tertiary/aromatic N) is 8. The first kappa shape index (κ1) is 57.1. The van der Waals surface area contributed by atoms with Crippen LogP contribution in [0.5, 0.6) is 0 Å². The number of fused-ring (bicyclic) bond motifs is 12. The Bertz CT molecular complexity index is 6370. The molecule has 12 nitrogen and oxygen atoms in total. The number of hydrogen-bond donors (Lipinski definition) is 0. The van der Waals surface area contributed by atoms with Gasteiger partial charge in [0.1, 0.15) is 11.2 Å². The Morgan fingerprint density at radius 1 is 0.204 bits per heavy atom. The van der Waals surface area contributed by atoms with Crippen molar-refractivity contribution in [2.75, 3.05) is 0 Å². The smallest absolute Gasteiger partial charge is 0.344 e. The zero-order valence-electron chi connectivity index (χ0n) is 52.2. The van der Waals surface area contributed by atoms with Gasteiger partial charge in [-0.1, -0.05) is 249 Å². The summed E-state index contributed by atoms with van der Waals surface area (Å²) < 4.78 is 15.6. The molecule has 19 rings (SSSR count). The molecule has 0 saturated heterocycles. The van der Waals surface area contributed by atoms with Gasteiger partial charge in [-0.05, 0) is 111 Å². The van der Waals surface area contributed by atoms with Gasteiger partial charge in [-0.2, -0.15) is 19.9 Å². The first-order valence-corrected chi connectivity index (χ1v) is 32.2. The molecule has 460 valence electrons. The second-order valence-corrected chi connectivity index (χ2v) is 24.1. The lowest BCUT2D eigenvalue weighted by atomic mass is 9.96. The Morgan fingerprint density at radius 3 is 0.867 bits per heavy atom. The second kappa shape index (κ2) is 23.8. The SMILES string of the molecule is O=c1oc2ccccc2c2ccc(-c3ccc4c(c3)c3ccccc3n4-c3nc(-c4ccccc4)nc(-c4ccccc4)n3)cc12.O=c1oc2ccccc2c2ccc(-c3cccc(-c4ccc5c(c4)c4ccccc4n5-c4nc(-c5ccccc5)nc(-c5ccccc5)n4)c3)cc12. The number of aromatic nitrogens is 8. The molecule has 19 aromatic rings. The fourth-order valence-corrected chi connectivity index (χ4v) is 13.5. The topological polar surface area (TPSA) is 148 Å². The molecular weight excluding hydrogens is 1210 g/mol. The van der Waals surface area contributed by atoms with Crippen LogP contribution in [0.4, 0.5) is 0 Å². The second-order valence-electron chi connectivity index (χ2n) is 24.1. The van der Waals surface area contributed by atoms with E-state index in [0.29, 0.717) is 57.1 Å². The number of rotatable bonds is 9. The van der Waals surface area contributed by atoms with Gasteiger partial charge in [0, 0.05) is 54.6 Å². The molecule has 0 aliphatic carbocycles. The van der Waals surface area contributed by atoms with Gasteiger partial charge in [0.05, 0.1) is 32.8 Å². The van der Waals surface area contributed by atoms with E-state index in [0.717, 1.165) is 121 Å². The van der Waals surface area contributed by atoms with Crippen molar-refractivity contribution in [3.05, 3.63) is 336 Å². The Labute approximate surface area is 559 Å².